The van der Waals surface area contributed by atoms with Crippen LogP contribution in [0.1, 0.15) is 0 Å². The molecule has 0 aromatic heterocycles. The molecule has 0 amide bonds. The topological polar surface area (TPSA) is 34.1 Å². The lowest BCUT2D eigenvalue weighted by atomic mass is 10.3. The van der Waals surface area contributed by atoms with Crippen molar-refractivity contribution in [2.75, 3.05) is 0 Å². The first-order valence-corrected chi connectivity index (χ1v) is 9.93. The van der Waals surface area contributed by atoms with Gasteiger partial charge in [0.25, 0.3) is 0 Å². The molecule has 1 aliphatic heterocycles. The van der Waals surface area contributed by atoms with E-state index in [1.807, 2.05) is 0 Å². The molecule has 25 heavy (non-hydrogen) atoms. The molecule has 1 heterocycles. The number of sulfone groups is 1. The van der Waals surface area contributed by atoms with Crippen LogP contribution in [-0.2, 0) is 20.7 Å². The Morgan fingerprint density at radius 3 is 1.56 bits per heavy atom. The lowest BCUT2D eigenvalue weighted by molar-refractivity contribution is 0.584. The van der Waals surface area contributed by atoms with Crippen molar-refractivity contribution in [3.8, 4) is 0 Å². The molecule has 3 aromatic carbocycles. The molecule has 0 atom stereocenters. The van der Waals surface area contributed by atoms with Gasteiger partial charge in [-0.1, -0.05) is 0 Å². The van der Waals surface area contributed by atoms with Gasteiger partial charge in [0, 0.05) is 12.1 Å². The van der Waals surface area contributed by atoms with Crippen LogP contribution in [-0.4, -0.2) is 8.42 Å². The van der Waals surface area contributed by atoms with Gasteiger partial charge >= 0.3 is 0 Å². The van der Waals surface area contributed by atoms with E-state index in [1.54, 1.807) is 0 Å². The minimum absolute atomic E-state index is 0.0133. The Kier molecular flexibility index (Phi) is 3.66. The van der Waals surface area contributed by atoms with Gasteiger partial charge in [0.05, 0.1) is 0 Å². The van der Waals surface area contributed by atoms with Crippen molar-refractivity contribution < 1.29 is 21.6 Å². The monoisotopic (exact) mass is 379 g/mol. The average Bonchev–Trinajstić information content (AvgIpc) is 2.56. The molecule has 0 spiro atoms. The van der Waals surface area contributed by atoms with E-state index in [4.69, 9.17) is 0 Å². The maximum atomic E-state index is 13.8. The van der Waals surface area contributed by atoms with Crippen LogP contribution >= 0.6 is 0 Å². The second-order valence-electron chi connectivity index (χ2n) is 5.45. The lowest BCUT2D eigenvalue weighted by Crippen LogP contribution is -2.21. The zero-order valence-corrected chi connectivity index (χ0v) is 14.2. The summed E-state index contributed by atoms with van der Waals surface area (Å²) >= 11 is 0. The number of hydrogen-bond donors (Lipinski definition) is 0. The number of rotatable bonds is 1. The summed E-state index contributed by atoms with van der Waals surface area (Å²) in [4.78, 5) is 1.03. The molecule has 0 saturated heterocycles. The molecule has 0 fully saturated rings. The summed E-state index contributed by atoms with van der Waals surface area (Å²) in [5.41, 5.74) is 0. The summed E-state index contributed by atoms with van der Waals surface area (Å²) in [7, 11) is -4.94. The molecule has 3 aromatic rings. The Morgan fingerprint density at radius 2 is 1.08 bits per heavy atom. The quantitative estimate of drug-likeness (QED) is 0.364. The van der Waals surface area contributed by atoms with Crippen molar-refractivity contribution in [2.24, 2.45) is 0 Å². The zero-order valence-electron chi connectivity index (χ0n) is 12.5. The molecule has 0 bridgehead atoms. The Morgan fingerprint density at radius 1 is 0.640 bits per heavy atom. The Bertz CT molecular complexity index is 1030. The zero-order chi connectivity index (χ0) is 17.8. The Labute approximate surface area is 145 Å². The third kappa shape index (κ3) is 2.54. The highest BCUT2D eigenvalue weighted by molar-refractivity contribution is 8.00. The highest BCUT2D eigenvalue weighted by Crippen LogP contribution is 2.45. The average molecular weight is 379 g/mol. The van der Waals surface area contributed by atoms with Gasteiger partial charge in [0.1, 0.15) is 38.1 Å². The van der Waals surface area contributed by atoms with Crippen LogP contribution in [0.25, 0.3) is 0 Å². The highest BCUT2D eigenvalue weighted by atomic mass is 32.2. The predicted molar refractivity (Wildman–Crippen MR) is 86.8 cm³/mol. The van der Waals surface area contributed by atoms with Crippen LogP contribution in [0.2, 0.25) is 0 Å². The number of benzene rings is 3. The molecule has 126 valence electrons. The van der Waals surface area contributed by atoms with Gasteiger partial charge in [-0.05, 0) is 48.5 Å². The summed E-state index contributed by atoms with van der Waals surface area (Å²) in [5, 5.41) is 0. The van der Waals surface area contributed by atoms with Crippen molar-refractivity contribution in [1.82, 2.24) is 0 Å². The molecular formula is C18H10F3O2S2+. The Hall–Kier alpha value is -2.25. The molecule has 7 heteroatoms. The van der Waals surface area contributed by atoms with Crippen LogP contribution in [0, 0.1) is 17.5 Å². The first-order chi connectivity index (χ1) is 11.9. The van der Waals surface area contributed by atoms with E-state index in [1.165, 1.54) is 36.4 Å². The fraction of sp³-hybridized carbons (Fsp3) is 0. The van der Waals surface area contributed by atoms with Crippen LogP contribution in [0.3, 0.4) is 0 Å². The first kappa shape index (κ1) is 16.2. The van der Waals surface area contributed by atoms with Crippen molar-refractivity contribution in [3.63, 3.8) is 0 Å². The fourth-order valence-corrected chi connectivity index (χ4v) is 7.48. The van der Waals surface area contributed by atoms with Crippen LogP contribution < -0.4 is 0 Å². The predicted octanol–water partition coefficient (Wildman–Crippen LogP) is 4.35. The standard InChI is InChI=1S/C18H10F3O2S2/c19-11-1-5-14(6-2-11)24-15-9-12(20)3-7-17(15)25(22,23)18-8-4-13(21)10-16(18)24/h1-10H/q+1. The summed E-state index contributed by atoms with van der Waals surface area (Å²) in [6.07, 6.45) is 0. The largest absolute Gasteiger partial charge is 0.218 e. The molecule has 0 N–H and O–H groups in total. The number of halogens is 3. The maximum absolute atomic E-state index is 13.8. The second kappa shape index (κ2) is 5.64. The van der Waals surface area contributed by atoms with E-state index in [9.17, 15) is 21.6 Å². The van der Waals surface area contributed by atoms with Gasteiger partial charge in [-0.25, -0.2) is 21.6 Å². The summed E-state index contributed by atoms with van der Waals surface area (Å²) in [5.74, 6) is -1.63. The molecule has 1 aliphatic rings. The molecular weight excluding hydrogens is 369 g/mol. The Balaban J connectivity index is 2.09. The van der Waals surface area contributed by atoms with Crippen molar-refractivity contribution >= 4 is 20.7 Å². The first-order valence-electron chi connectivity index (χ1n) is 7.22. The van der Waals surface area contributed by atoms with E-state index in [0.717, 1.165) is 24.3 Å². The normalized spacial score (nSPS) is 15.5. The van der Waals surface area contributed by atoms with Gasteiger partial charge < -0.3 is 0 Å². The van der Waals surface area contributed by atoms with Crippen LogP contribution in [0.5, 0.6) is 0 Å². The third-order valence-corrected chi connectivity index (χ3v) is 8.31. The van der Waals surface area contributed by atoms with E-state index in [2.05, 4.69) is 0 Å². The number of fused-ring (bicyclic) bond motifs is 2. The molecule has 2 nitrogen and oxygen atoms in total. The van der Waals surface area contributed by atoms with Crippen molar-refractivity contribution in [1.29, 1.82) is 0 Å². The lowest BCUT2D eigenvalue weighted by Gasteiger charge is -2.19. The summed E-state index contributed by atoms with van der Waals surface area (Å²) in [6.45, 7) is 0. The summed E-state index contributed by atoms with van der Waals surface area (Å²) < 4.78 is 66.6. The molecule has 0 saturated carbocycles. The van der Waals surface area contributed by atoms with Gasteiger partial charge in [-0.15, -0.1) is 0 Å². The number of hydrogen-bond acceptors (Lipinski definition) is 2. The minimum Gasteiger partial charge on any atom is -0.218 e. The minimum atomic E-state index is -3.88. The van der Waals surface area contributed by atoms with Crippen LogP contribution in [0.15, 0.2) is 85.1 Å². The van der Waals surface area contributed by atoms with Crippen molar-refractivity contribution in [3.05, 3.63) is 78.1 Å². The van der Waals surface area contributed by atoms with E-state index < -0.39 is 38.2 Å². The van der Waals surface area contributed by atoms with E-state index in [0.29, 0.717) is 4.90 Å². The molecule has 0 radical (unpaired) electrons. The molecule has 0 aliphatic carbocycles. The smallest absolute Gasteiger partial charge is 0.216 e. The maximum Gasteiger partial charge on any atom is 0.216 e. The van der Waals surface area contributed by atoms with Crippen LogP contribution in [0.4, 0.5) is 13.2 Å². The molecule has 0 unspecified atom stereocenters. The SMILES string of the molecule is O=S1(=O)c2ccc(F)cc2[S+](c2ccc(F)cc2)c2cc(F)ccc21. The van der Waals surface area contributed by atoms with Crippen molar-refractivity contribution in [2.45, 2.75) is 24.5 Å². The van der Waals surface area contributed by atoms with Gasteiger partial charge in [-0.2, -0.15) is 0 Å². The fourth-order valence-electron chi connectivity index (χ4n) is 2.79. The molecule has 4 rings (SSSR count). The third-order valence-electron chi connectivity index (χ3n) is 3.88. The van der Waals surface area contributed by atoms with E-state index >= 15 is 0 Å². The van der Waals surface area contributed by atoms with Gasteiger partial charge in [0.2, 0.25) is 9.84 Å². The van der Waals surface area contributed by atoms with Gasteiger partial charge in [-0.3, -0.25) is 0 Å². The van der Waals surface area contributed by atoms with E-state index in [-0.39, 0.29) is 19.6 Å². The second-order valence-corrected chi connectivity index (χ2v) is 9.30. The summed E-state index contributed by atoms with van der Waals surface area (Å²) in [6, 6.07) is 12.4. The highest BCUT2D eigenvalue weighted by Gasteiger charge is 2.45. The van der Waals surface area contributed by atoms with Gasteiger partial charge in [0.15, 0.2) is 14.7 Å².